The molecule has 0 aromatic carbocycles. The minimum absolute atomic E-state index is 0.111. The van der Waals surface area contributed by atoms with Gasteiger partial charge in [0, 0.05) is 37.1 Å². The van der Waals surface area contributed by atoms with Crippen molar-refractivity contribution in [2.75, 3.05) is 19.6 Å². The Morgan fingerprint density at radius 1 is 1.31 bits per heavy atom. The molecule has 2 aliphatic rings. The van der Waals surface area contributed by atoms with Crippen molar-refractivity contribution in [2.24, 2.45) is 5.92 Å². The van der Waals surface area contributed by atoms with Crippen molar-refractivity contribution in [3.05, 3.63) is 0 Å². The van der Waals surface area contributed by atoms with Crippen LogP contribution in [0.1, 0.15) is 20.8 Å². The van der Waals surface area contributed by atoms with Gasteiger partial charge in [0.2, 0.25) is 0 Å². The molecule has 76 valence electrons. The molecule has 2 N–H and O–H groups in total. The Labute approximate surface area is 80.1 Å². The average molecular weight is 184 g/mol. The molecule has 2 saturated heterocycles. The molecule has 0 radical (unpaired) electrons. The summed E-state index contributed by atoms with van der Waals surface area (Å²) in [4.78, 5) is 2.43. The van der Waals surface area contributed by atoms with E-state index in [1.807, 2.05) is 0 Å². The van der Waals surface area contributed by atoms with E-state index in [1.54, 1.807) is 0 Å². The van der Waals surface area contributed by atoms with Crippen molar-refractivity contribution in [1.29, 1.82) is 0 Å². The number of nitrogens with zero attached hydrogens (tertiary/aromatic N) is 1. The Morgan fingerprint density at radius 3 is 2.54 bits per heavy atom. The van der Waals surface area contributed by atoms with E-state index in [4.69, 9.17) is 0 Å². The van der Waals surface area contributed by atoms with Gasteiger partial charge in [-0.1, -0.05) is 0 Å². The van der Waals surface area contributed by atoms with Crippen molar-refractivity contribution in [3.8, 4) is 0 Å². The third kappa shape index (κ3) is 1.49. The summed E-state index contributed by atoms with van der Waals surface area (Å²) in [6, 6.07) is 0.332. The third-order valence-electron chi connectivity index (χ3n) is 3.33. The van der Waals surface area contributed by atoms with Gasteiger partial charge in [-0.15, -0.1) is 0 Å². The number of rotatable bonds is 0. The summed E-state index contributed by atoms with van der Waals surface area (Å²) in [6.07, 6.45) is -0.111. The molecule has 0 aliphatic carbocycles. The number of likely N-dealkylation sites (tertiary alicyclic amines) is 1. The zero-order chi connectivity index (χ0) is 9.64. The van der Waals surface area contributed by atoms with Crippen LogP contribution in [0.15, 0.2) is 0 Å². The van der Waals surface area contributed by atoms with Crippen molar-refractivity contribution in [1.82, 2.24) is 10.2 Å². The third-order valence-corrected chi connectivity index (χ3v) is 3.33. The Kier molecular flexibility index (Phi) is 2.13. The minimum Gasteiger partial charge on any atom is -0.391 e. The number of aliphatic hydroxyl groups is 1. The molecular formula is C10H20N2O. The van der Waals surface area contributed by atoms with E-state index < -0.39 is 0 Å². The van der Waals surface area contributed by atoms with Gasteiger partial charge in [0.1, 0.15) is 0 Å². The van der Waals surface area contributed by atoms with E-state index in [2.05, 4.69) is 31.0 Å². The van der Waals surface area contributed by atoms with Crippen LogP contribution in [-0.2, 0) is 0 Å². The van der Waals surface area contributed by atoms with Crippen LogP contribution < -0.4 is 5.32 Å². The summed E-state index contributed by atoms with van der Waals surface area (Å²) < 4.78 is 0. The van der Waals surface area contributed by atoms with Crippen LogP contribution in [0.3, 0.4) is 0 Å². The molecule has 0 saturated carbocycles. The maximum absolute atomic E-state index is 9.96. The number of piperidine rings is 1. The summed E-state index contributed by atoms with van der Waals surface area (Å²) in [5, 5.41) is 13.3. The molecule has 0 aromatic rings. The topological polar surface area (TPSA) is 35.5 Å². The summed E-state index contributed by atoms with van der Waals surface area (Å²) in [5.41, 5.74) is 0.187. The second-order valence-electron chi connectivity index (χ2n) is 5.30. The van der Waals surface area contributed by atoms with Crippen LogP contribution in [0.2, 0.25) is 0 Å². The second kappa shape index (κ2) is 2.94. The lowest BCUT2D eigenvalue weighted by Crippen LogP contribution is -2.52. The van der Waals surface area contributed by atoms with Gasteiger partial charge in [-0.25, -0.2) is 0 Å². The summed E-state index contributed by atoms with van der Waals surface area (Å²) in [7, 11) is 0. The lowest BCUT2D eigenvalue weighted by Gasteiger charge is -2.37. The molecule has 2 fully saturated rings. The van der Waals surface area contributed by atoms with Gasteiger partial charge in [0.05, 0.1) is 6.10 Å². The number of nitrogens with one attached hydrogen (secondary N) is 1. The van der Waals surface area contributed by atoms with Crippen molar-refractivity contribution in [3.63, 3.8) is 0 Å². The standard InChI is InChI=1S/C10H20N2O/c1-10(2,3)12-6-7-4-11-5-8(12)9(7)13/h7-9,11,13H,4-6H2,1-3H3. The molecule has 2 rings (SSSR count). The predicted octanol–water partition coefficient (Wildman–Crippen LogP) is 0.0494. The Balaban J connectivity index is 2.16. The van der Waals surface area contributed by atoms with E-state index in [0.29, 0.717) is 12.0 Å². The van der Waals surface area contributed by atoms with Crippen LogP contribution in [-0.4, -0.2) is 47.3 Å². The van der Waals surface area contributed by atoms with Crippen molar-refractivity contribution in [2.45, 2.75) is 38.5 Å². The first-order chi connectivity index (χ1) is 6.00. The zero-order valence-electron chi connectivity index (χ0n) is 8.75. The summed E-state index contributed by atoms with van der Waals surface area (Å²) in [6.45, 7) is 9.63. The first-order valence-corrected chi connectivity index (χ1v) is 5.15. The fourth-order valence-electron chi connectivity index (χ4n) is 2.60. The number of hydrogen-bond donors (Lipinski definition) is 2. The molecule has 3 atom stereocenters. The highest BCUT2D eigenvalue weighted by Crippen LogP contribution is 2.32. The molecule has 3 unspecified atom stereocenters. The largest absolute Gasteiger partial charge is 0.391 e. The van der Waals surface area contributed by atoms with Gasteiger partial charge in [-0.2, -0.15) is 0 Å². The van der Waals surface area contributed by atoms with Crippen LogP contribution in [0, 0.1) is 5.92 Å². The molecule has 13 heavy (non-hydrogen) atoms. The highest BCUT2D eigenvalue weighted by atomic mass is 16.3. The Hall–Kier alpha value is -0.120. The van der Waals surface area contributed by atoms with Gasteiger partial charge < -0.3 is 10.4 Å². The first kappa shape index (κ1) is 9.44. The van der Waals surface area contributed by atoms with Gasteiger partial charge >= 0.3 is 0 Å². The van der Waals surface area contributed by atoms with Gasteiger partial charge in [0.25, 0.3) is 0 Å². The van der Waals surface area contributed by atoms with Crippen LogP contribution in [0.25, 0.3) is 0 Å². The molecule has 2 heterocycles. The summed E-state index contributed by atoms with van der Waals surface area (Å²) >= 11 is 0. The molecule has 2 bridgehead atoms. The highest BCUT2D eigenvalue weighted by Gasteiger charge is 2.46. The van der Waals surface area contributed by atoms with E-state index in [9.17, 15) is 5.11 Å². The van der Waals surface area contributed by atoms with Crippen molar-refractivity contribution >= 4 is 0 Å². The quantitative estimate of drug-likeness (QED) is 0.558. The lowest BCUT2D eigenvalue weighted by molar-refractivity contribution is 0.0471. The molecule has 3 heteroatoms. The molecule has 0 spiro atoms. The van der Waals surface area contributed by atoms with Crippen molar-refractivity contribution < 1.29 is 5.11 Å². The Morgan fingerprint density at radius 2 is 2.00 bits per heavy atom. The number of fused-ring (bicyclic) bond motifs is 2. The molecular weight excluding hydrogens is 164 g/mol. The van der Waals surface area contributed by atoms with Crippen LogP contribution in [0.4, 0.5) is 0 Å². The highest BCUT2D eigenvalue weighted by molar-refractivity contribution is 5.02. The normalized spacial score (nSPS) is 41.1. The predicted molar refractivity (Wildman–Crippen MR) is 52.6 cm³/mol. The SMILES string of the molecule is CC(C)(C)N1CC2CNCC1C2O. The fraction of sp³-hybridized carbons (Fsp3) is 1.00. The fourth-order valence-corrected chi connectivity index (χ4v) is 2.60. The molecule has 2 aliphatic heterocycles. The summed E-state index contributed by atoms with van der Waals surface area (Å²) in [5.74, 6) is 0.443. The molecule has 0 aromatic heterocycles. The van der Waals surface area contributed by atoms with E-state index in [0.717, 1.165) is 19.6 Å². The monoisotopic (exact) mass is 184 g/mol. The van der Waals surface area contributed by atoms with Crippen LogP contribution >= 0.6 is 0 Å². The van der Waals surface area contributed by atoms with E-state index in [-0.39, 0.29) is 11.6 Å². The number of aliphatic hydroxyl groups excluding tert-OH is 1. The van der Waals surface area contributed by atoms with Gasteiger partial charge in [-0.3, -0.25) is 4.90 Å². The minimum atomic E-state index is -0.111. The van der Waals surface area contributed by atoms with Gasteiger partial charge in [-0.05, 0) is 20.8 Å². The lowest BCUT2D eigenvalue weighted by atomic mass is 9.97. The van der Waals surface area contributed by atoms with E-state index in [1.165, 1.54) is 0 Å². The molecule has 0 amide bonds. The van der Waals surface area contributed by atoms with Crippen LogP contribution in [0.5, 0.6) is 0 Å². The number of hydrogen-bond acceptors (Lipinski definition) is 3. The maximum atomic E-state index is 9.96. The maximum Gasteiger partial charge on any atom is 0.0760 e. The first-order valence-electron chi connectivity index (χ1n) is 5.15. The second-order valence-corrected chi connectivity index (χ2v) is 5.30. The van der Waals surface area contributed by atoms with Gasteiger partial charge in [0.15, 0.2) is 0 Å². The van der Waals surface area contributed by atoms with E-state index >= 15 is 0 Å². The molecule has 3 nitrogen and oxygen atoms in total. The zero-order valence-corrected chi connectivity index (χ0v) is 8.75. The Bertz CT molecular complexity index is 200. The average Bonchev–Trinajstić information content (AvgIpc) is 2.27. The smallest absolute Gasteiger partial charge is 0.0760 e.